The second-order valence-corrected chi connectivity index (χ2v) is 6.57. The molecule has 4 nitrogen and oxygen atoms in total. The lowest BCUT2D eigenvalue weighted by Crippen LogP contribution is -2.27. The van der Waals surface area contributed by atoms with Crippen LogP contribution in [0.2, 0.25) is 0 Å². The van der Waals surface area contributed by atoms with Gasteiger partial charge in [0.05, 0.1) is 5.41 Å². The highest BCUT2D eigenvalue weighted by Crippen LogP contribution is 2.31. The minimum atomic E-state index is -0.935. The van der Waals surface area contributed by atoms with Crippen molar-refractivity contribution in [2.24, 2.45) is 5.41 Å². The summed E-state index contributed by atoms with van der Waals surface area (Å²) in [6.45, 7) is 16.8. The highest BCUT2D eigenvalue weighted by Gasteiger charge is 2.31. The monoisotopic (exact) mass is 356 g/mol. The molecule has 0 aromatic carbocycles. The number of carboxylic acids is 2. The van der Waals surface area contributed by atoms with Crippen molar-refractivity contribution in [3.8, 4) is 0 Å². The molecule has 0 aliphatic rings. The molecule has 4 heteroatoms. The summed E-state index contributed by atoms with van der Waals surface area (Å²) in [5.74, 6) is -1.55. The highest BCUT2D eigenvalue weighted by atomic mass is 16.4. The lowest BCUT2D eigenvalue weighted by molar-refractivity contribution is -0.149. The fourth-order valence-corrected chi connectivity index (χ4v) is 2.20. The third-order valence-corrected chi connectivity index (χ3v) is 4.05. The number of rotatable bonds is 12. The van der Waals surface area contributed by atoms with Crippen molar-refractivity contribution >= 4 is 11.9 Å². The molecule has 1 unspecified atom stereocenters. The first-order valence-corrected chi connectivity index (χ1v) is 9.33. The number of unbranched alkanes of at least 4 members (excludes halogenated alkanes) is 6. The summed E-state index contributed by atoms with van der Waals surface area (Å²) in [5.41, 5.74) is -0.309. The first kappa shape index (κ1) is 28.2. The van der Waals surface area contributed by atoms with Gasteiger partial charge in [0.1, 0.15) is 0 Å². The van der Waals surface area contributed by atoms with Crippen molar-refractivity contribution in [3.05, 3.63) is 25.3 Å². The summed E-state index contributed by atoms with van der Waals surface area (Å²) in [4.78, 5) is 20.9. The van der Waals surface area contributed by atoms with Gasteiger partial charge in [-0.3, -0.25) is 4.79 Å². The molecule has 0 aliphatic heterocycles. The van der Waals surface area contributed by atoms with Gasteiger partial charge in [0, 0.05) is 5.57 Å². The highest BCUT2D eigenvalue weighted by molar-refractivity contribution is 5.84. The summed E-state index contributed by atoms with van der Waals surface area (Å²) in [5, 5.41) is 17.2. The fourth-order valence-electron chi connectivity index (χ4n) is 2.20. The average molecular weight is 357 g/mol. The van der Waals surface area contributed by atoms with Crippen LogP contribution in [-0.4, -0.2) is 22.2 Å². The Morgan fingerprint density at radius 1 is 0.840 bits per heavy atom. The van der Waals surface area contributed by atoms with Crippen molar-refractivity contribution in [2.75, 3.05) is 0 Å². The fraction of sp³-hybridized carbons (Fsp3) is 0.714. The number of hydrogen-bond donors (Lipinski definition) is 2. The predicted molar refractivity (Wildman–Crippen MR) is 107 cm³/mol. The maximum absolute atomic E-state index is 11.3. The van der Waals surface area contributed by atoms with E-state index < -0.39 is 17.4 Å². The zero-order valence-corrected chi connectivity index (χ0v) is 16.9. The quantitative estimate of drug-likeness (QED) is 0.239. The second-order valence-electron chi connectivity index (χ2n) is 6.57. The van der Waals surface area contributed by atoms with Crippen LogP contribution in [0.3, 0.4) is 0 Å². The van der Waals surface area contributed by atoms with Gasteiger partial charge >= 0.3 is 11.9 Å². The van der Waals surface area contributed by atoms with Crippen LogP contribution in [0.25, 0.3) is 0 Å². The Morgan fingerprint density at radius 3 is 1.56 bits per heavy atom. The van der Waals surface area contributed by atoms with Crippen molar-refractivity contribution in [3.63, 3.8) is 0 Å². The van der Waals surface area contributed by atoms with Crippen LogP contribution in [0, 0.1) is 5.41 Å². The molecule has 0 aromatic rings. The normalized spacial score (nSPS) is 11.8. The van der Waals surface area contributed by atoms with Gasteiger partial charge < -0.3 is 10.2 Å². The number of aliphatic carboxylic acids is 2. The summed E-state index contributed by atoms with van der Waals surface area (Å²) < 4.78 is 0. The second kappa shape index (κ2) is 18.8. The van der Waals surface area contributed by atoms with Crippen LogP contribution in [0.1, 0.15) is 91.9 Å². The lowest BCUT2D eigenvalue weighted by Gasteiger charge is -2.24. The van der Waals surface area contributed by atoms with Crippen LogP contribution < -0.4 is 0 Å². The van der Waals surface area contributed by atoms with Crippen molar-refractivity contribution in [2.45, 2.75) is 91.9 Å². The molecule has 0 heterocycles. The molecule has 1 atom stereocenters. The zero-order valence-electron chi connectivity index (χ0n) is 16.9. The smallest absolute Gasteiger partial charge is 0.330 e. The summed E-state index contributed by atoms with van der Waals surface area (Å²) in [6, 6.07) is 0. The molecule has 2 N–H and O–H groups in total. The van der Waals surface area contributed by atoms with Crippen molar-refractivity contribution in [1.29, 1.82) is 0 Å². The van der Waals surface area contributed by atoms with E-state index in [1.807, 2.05) is 6.92 Å². The third kappa shape index (κ3) is 18.6. The molecule has 0 bridgehead atoms. The Balaban J connectivity index is -0.000000507. The van der Waals surface area contributed by atoms with E-state index in [0.717, 1.165) is 32.1 Å². The molecule has 25 heavy (non-hydrogen) atoms. The van der Waals surface area contributed by atoms with Crippen molar-refractivity contribution < 1.29 is 19.8 Å². The number of carbonyl (C=O) groups is 2. The molecular formula is C21H40O4. The van der Waals surface area contributed by atoms with Gasteiger partial charge in [0.2, 0.25) is 0 Å². The topological polar surface area (TPSA) is 74.6 Å². The number of hydrogen-bond acceptors (Lipinski definition) is 2. The van der Waals surface area contributed by atoms with Gasteiger partial charge in [0.25, 0.3) is 0 Å². The van der Waals surface area contributed by atoms with E-state index in [4.69, 9.17) is 5.11 Å². The van der Waals surface area contributed by atoms with E-state index in [1.54, 1.807) is 0 Å². The largest absolute Gasteiger partial charge is 0.481 e. The molecule has 0 aromatic heterocycles. The standard InChI is InChI=1S/C15H30O2.C4H6O2.C2H4/c1-4-6-8-9-10-11-13-15(3,14(16)17)12-7-5-2;1-3(2)4(5)6;1-2/h4-13H2,1-3H3,(H,16,17);1H2,2H3,(H,5,6);1-2H2. The van der Waals surface area contributed by atoms with Crippen LogP contribution >= 0.6 is 0 Å². The van der Waals surface area contributed by atoms with E-state index in [2.05, 4.69) is 33.6 Å². The molecule has 0 fully saturated rings. The first-order valence-electron chi connectivity index (χ1n) is 9.33. The van der Waals surface area contributed by atoms with Gasteiger partial charge in [-0.1, -0.05) is 71.8 Å². The average Bonchev–Trinajstić information content (AvgIpc) is 2.58. The van der Waals surface area contributed by atoms with Crippen LogP contribution in [0.15, 0.2) is 25.3 Å². The molecule has 0 spiro atoms. The van der Waals surface area contributed by atoms with E-state index >= 15 is 0 Å². The summed E-state index contributed by atoms with van der Waals surface area (Å²) in [7, 11) is 0. The van der Waals surface area contributed by atoms with Crippen LogP contribution in [0.4, 0.5) is 0 Å². The molecule has 0 radical (unpaired) electrons. The Hall–Kier alpha value is -1.58. The SMILES string of the molecule is C=C.C=C(C)C(=O)O.CCCCCCCCC(C)(CCCC)C(=O)O. The molecule has 0 saturated carbocycles. The maximum atomic E-state index is 11.3. The maximum Gasteiger partial charge on any atom is 0.330 e. The summed E-state index contributed by atoms with van der Waals surface area (Å²) >= 11 is 0. The predicted octanol–water partition coefficient (Wildman–Crippen LogP) is 6.47. The molecule has 0 rings (SSSR count). The van der Waals surface area contributed by atoms with Gasteiger partial charge in [-0.05, 0) is 26.7 Å². The van der Waals surface area contributed by atoms with Gasteiger partial charge in [-0.25, -0.2) is 4.79 Å². The summed E-state index contributed by atoms with van der Waals surface area (Å²) in [6.07, 6.45) is 11.2. The Morgan fingerprint density at radius 2 is 1.20 bits per heavy atom. The van der Waals surface area contributed by atoms with E-state index in [-0.39, 0.29) is 5.57 Å². The van der Waals surface area contributed by atoms with Crippen LogP contribution in [-0.2, 0) is 9.59 Å². The minimum Gasteiger partial charge on any atom is -0.481 e. The molecule has 0 saturated heterocycles. The van der Waals surface area contributed by atoms with Crippen molar-refractivity contribution in [1.82, 2.24) is 0 Å². The van der Waals surface area contributed by atoms with E-state index in [0.29, 0.717) is 0 Å². The van der Waals surface area contributed by atoms with Gasteiger partial charge in [0.15, 0.2) is 0 Å². The molecular weight excluding hydrogens is 316 g/mol. The Kier molecular flexibility index (Phi) is 21.2. The molecule has 0 aliphatic carbocycles. The van der Waals surface area contributed by atoms with E-state index in [9.17, 15) is 14.7 Å². The Bertz CT molecular complexity index is 351. The Labute approximate surface area is 155 Å². The first-order chi connectivity index (χ1) is 11.7. The van der Waals surface area contributed by atoms with Gasteiger partial charge in [-0.2, -0.15) is 0 Å². The minimum absolute atomic E-state index is 0.176. The zero-order chi connectivity index (χ0) is 20.3. The van der Waals surface area contributed by atoms with Gasteiger partial charge in [-0.15, -0.1) is 13.2 Å². The van der Waals surface area contributed by atoms with Crippen LogP contribution in [0.5, 0.6) is 0 Å². The third-order valence-electron chi connectivity index (χ3n) is 4.05. The lowest BCUT2D eigenvalue weighted by atomic mass is 9.80. The molecule has 0 amide bonds. The molecule has 148 valence electrons. The number of carboxylic acid groups (broad SMARTS) is 2. The van der Waals surface area contributed by atoms with E-state index in [1.165, 1.54) is 39.0 Å².